The van der Waals surface area contributed by atoms with Crippen molar-refractivity contribution < 1.29 is 28.7 Å². The highest BCUT2D eigenvalue weighted by Crippen LogP contribution is 2.38. The Morgan fingerprint density at radius 3 is 2.58 bits per heavy atom. The number of nitrogens with one attached hydrogen (secondary N) is 3. The molecule has 178 valence electrons. The van der Waals surface area contributed by atoms with Gasteiger partial charge in [0.2, 0.25) is 23.6 Å². The molecule has 33 heavy (non-hydrogen) atoms. The van der Waals surface area contributed by atoms with E-state index in [1.165, 1.54) is 18.9 Å². The maximum absolute atomic E-state index is 13.4. The molecule has 0 aromatic heterocycles. The fraction of sp³-hybridized carbons (Fsp3) is 0.522. The molecule has 2 aliphatic heterocycles. The number of rotatable bonds is 8. The molecular weight excluding hydrogens is 428 g/mol. The van der Waals surface area contributed by atoms with Crippen molar-refractivity contribution in [1.82, 2.24) is 20.9 Å². The second-order valence-corrected chi connectivity index (χ2v) is 8.43. The van der Waals surface area contributed by atoms with E-state index >= 15 is 0 Å². The van der Waals surface area contributed by atoms with Crippen LogP contribution in [0.4, 0.5) is 0 Å². The van der Waals surface area contributed by atoms with Gasteiger partial charge in [0.15, 0.2) is 0 Å². The highest BCUT2D eigenvalue weighted by molar-refractivity contribution is 5.98. The summed E-state index contributed by atoms with van der Waals surface area (Å²) < 4.78 is 4.89. The summed E-state index contributed by atoms with van der Waals surface area (Å²) >= 11 is 0. The van der Waals surface area contributed by atoms with E-state index in [0.29, 0.717) is 25.8 Å². The average molecular weight is 459 g/mol. The standard InChI is InChI=1S/C23H30N4O6/c1-15(28)24-14-19(29)25-17-9-11-23(10-6-12-27(23)20(17)30)22(32)26-18(21(31)33-2)13-16-7-4-3-5-8-16/h3-5,7-8,17-18H,6,9-14H2,1-2H3,(H,24,28)(H,25,29)(H,26,32)/t17-,18+,23-/m1/s1. The third-order valence-electron chi connectivity index (χ3n) is 6.23. The summed E-state index contributed by atoms with van der Waals surface area (Å²) in [6.45, 7) is 1.48. The Morgan fingerprint density at radius 2 is 1.91 bits per heavy atom. The first-order valence-corrected chi connectivity index (χ1v) is 11.0. The molecule has 3 atom stereocenters. The zero-order valence-electron chi connectivity index (χ0n) is 18.9. The summed E-state index contributed by atoms with van der Waals surface area (Å²) in [6, 6.07) is 7.65. The maximum atomic E-state index is 13.4. The minimum absolute atomic E-state index is 0.217. The number of fused-ring (bicyclic) bond motifs is 1. The maximum Gasteiger partial charge on any atom is 0.328 e. The van der Waals surface area contributed by atoms with Gasteiger partial charge in [-0.3, -0.25) is 19.2 Å². The van der Waals surface area contributed by atoms with Crippen LogP contribution >= 0.6 is 0 Å². The molecule has 2 saturated heterocycles. The van der Waals surface area contributed by atoms with Crippen LogP contribution in [0, 0.1) is 0 Å². The van der Waals surface area contributed by atoms with Gasteiger partial charge < -0.3 is 25.6 Å². The largest absolute Gasteiger partial charge is 0.467 e. The van der Waals surface area contributed by atoms with Crippen molar-refractivity contribution >= 4 is 29.6 Å². The number of benzene rings is 1. The smallest absolute Gasteiger partial charge is 0.328 e. The van der Waals surface area contributed by atoms with Crippen LogP contribution in [0.2, 0.25) is 0 Å². The van der Waals surface area contributed by atoms with Gasteiger partial charge >= 0.3 is 5.97 Å². The molecule has 0 saturated carbocycles. The number of amides is 4. The molecule has 0 radical (unpaired) electrons. The van der Waals surface area contributed by atoms with Gasteiger partial charge in [-0.2, -0.15) is 0 Å². The Hall–Kier alpha value is -3.43. The van der Waals surface area contributed by atoms with Crippen molar-refractivity contribution in [2.24, 2.45) is 0 Å². The van der Waals surface area contributed by atoms with Crippen LogP contribution in [0.3, 0.4) is 0 Å². The lowest BCUT2D eigenvalue weighted by atomic mass is 9.83. The van der Waals surface area contributed by atoms with E-state index in [1.807, 2.05) is 30.3 Å². The van der Waals surface area contributed by atoms with Crippen LogP contribution in [-0.2, 0) is 35.1 Å². The van der Waals surface area contributed by atoms with E-state index < -0.39 is 29.5 Å². The predicted octanol–water partition coefficient (Wildman–Crippen LogP) is -0.337. The normalized spacial score (nSPS) is 22.7. The topological polar surface area (TPSA) is 134 Å². The minimum Gasteiger partial charge on any atom is -0.467 e. The lowest BCUT2D eigenvalue weighted by Crippen LogP contribution is -2.66. The highest BCUT2D eigenvalue weighted by atomic mass is 16.5. The molecule has 10 heteroatoms. The molecule has 4 amide bonds. The predicted molar refractivity (Wildman–Crippen MR) is 118 cm³/mol. The summed E-state index contributed by atoms with van der Waals surface area (Å²) in [5.41, 5.74) is -0.186. The first-order chi connectivity index (χ1) is 15.8. The molecule has 0 unspecified atom stereocenters. The molecule has 2 fully saturated rings. The van der Waals surface area contributed by atoms with Gasteiger partial charge in [-0.1, -0.05) is 30.3 Å². The quantitative estimate of drug-likeness (QED) is 0.457. The van der Waals surface area contributed by atoms with E-state index in [-0.39, 0.29) is 37.1 Å². The molecule has 1 aromatic rings. The molecule has 3 rings (SSSR count). The van der Waals surface area contributed by atoms with E-state index in [0.717, 1.165) is 5.56 Å². The second-order valence-electron chi connectivity index (χ2n) is 8.43. The number of hydrogen-bond acceptors (Lipinski definition) is 6. The van der Waals surface area contributed by atoms with Gasteiger partial charge in [0, 0.05) is 19.9 Å². The number of piperidine rings is 1. The number of methoxy groups -OCH3 is 1. The molecule has 0 aliphatic carbocycles. The summed E-state index contributed by atoms with van der Waals surface area (Å²) in [5, 5.41) is 7.85. The first-order valence-electron chi connectivity index (χ1n) is 11.0. The summed E-state index contributed by atoms with van der Waals surface area (Å²) in [7, 11) is 1.27. The SMILES string of the molecule is COC(=O)[C@H](Cc1ccccc1)NC(=O)[C@]12CCCN1C(=O)[C@H](NC(=O)CNC(C)=O)CC2. The number of carbonyl (C=O) groups is 5. The van der Waals surface area contributed by atoms with Crippen LogP contribution in [0.15, 0.2) is 30.3 Å². The Labute approximate surface area is 192 Å². The third-order valence-corrected chi connectivity index (χ3v) is 6.23. The van der Waals surface area contributed by atoms with Crippen molar-refractivity contribution in [3.63, 3.8) is 0 Å². The minimum atomic E-state index is -1.06. The molecule has 0 bridgehead atoms. The van der Waals surface area contributed by atoms with Crippen LogP contribution in [0.25, 0.3) is 0 Å². The highest BCUT2D eigenvalue weighted by Gasteiger charge is 2.54. The van der Waals surface area contributed by atoms with Crippen molar-refractivity contribution in [3.8, 4) is 0 Å². The molecule has 2 heterocycles. The number of nitrogens with zero attached hydrogens (tertiary/aromatic N) is 1. The fourth-order valence-electron chi connectivity index (χ4n) is 4.57. The zero-order chi connectivity index (χ0) is 24.0. The van der Waals surface area contributed by atoms with Crippen LogP contribution in [-0.4, -0.2) is 72.3 Å². The zero-order valence-corrected chi connectivity index (χ0v) is 18.9. The molecule has 2 aliphatic rings. The van der Waals surface area contributed by atoms with Crippen LogP contribution < -0.4 is 16.0 Å². The summed E-state index contributed by atoms with van der Waals surface area (Å²) in [6.07, 6.45) is 2.04. The fourth-order valence-corrected chi connectivity index (χ4v) is 4.57. The summed E-state index contributed by atoms with van der Waals surface area (Å²) in [4.78, 5) is 63.5. The number of hydrogen-bond donors (Lipinski definition) is 3. The Balaban J connectivity index is 1.70. The van der Waals surface area contributed by atoms with Gasteiger partial charge in [0.05, 0.1) is 13.7 Å². The molecular formula is C23H30N4O6. The van der Waals surface area contributed by atoms with E-state index in [4.69, 9.17) is 4.74 Å². The van der Waals surface area contributed by atoms with Crippen molar-refractivity contribution in [3.05, 3.63) is 35.9 Å². The van der Waals surface area contributed by atoms with Crippen LogP contribution in [0.1, 0.15) is 38.2 Å². The van der Waals surface area contributed by atoms with Crippen molar-refractivity contribution in [2.75, 3.05) is 20.2 Å². The van der Waals surface area contributed by atoms with E-state index in [9.17, 15) is 24.0 Å². The van der Waals surface area contributed by atoms with E-state index in [2.05, 4.69) is 16.0 Å². The van der Waals surface area contributed by atoms with Gasteiger partial charge in [0.25, 0.3) is 0 Å². The average Bonchev–Trinajstić information content (AvgIpc) is 3.25. The van der Waals surface area contributed by atoms with E-state index in [1.54, 1.807) is 0 Å². The van der Waals surface area contributed by atoms with Crippen LogP contribution in [0.5, 0.6) is 0 Å². The van der Waals surface area contributed by atoms with Gasteiger partial charge in [-0.05, 0) is 31.2 Å². The lowest BCUT2D eigenvalue weighted by molar-refractivity contribution is -0.154. The second kappa shape index (κ2) is 10.5. The lowest BCUT2D eigenvalue weighted by Gasteiger charge is -2.44. The number of esters is 1. The first kappa shape index (κ1) is 24.2. The molecule has 0 spiro atoms. The van der Waals surface area contributed by atoms with Gasteiger partial charge in [-0.15, -0.1) is 0 Å². The molecule has 10 nitrogen and oxygen atoms in total. The molecule has 3 N–H and O–H groups in total. The number of carbonyl (C=O) groups excluding carboxylic acids is 5. The third kappa shape index (κ3) is 5.50. The molecule has 1 aromatic carbocycles. The Kier molecular flexibility index (Phi) is 7.67. The summed E-state index contributed by atoms with van der Waals surface area (Å²) in [5.74, 6) is -2.08. The van der Waals surface area contributed by atoms with Crippen molar-refractivity contribution in [2.45, 2.75) is 56.7 Å². The van der Waals surface area contributed by atoms with Gasteiger partial charge in [0.1, 0.15) is 17.6 Å². The van der Waals surface area contributed by atoms with Crippen molar-refractivity contribution in [1.29, 1.82) is 0 Å². The Morgan fingerprint density at radius 1 is 1.18 bits per heavy atom. The monoisotopic (exact) mass is 458 g/mol. The number of ether oxygens (including phenoxy) is 1. The Bertz CT molecular complexity index is 921. The van der Waals surface area contributed by atoms with Gasteiger partial charge in [-0.25, -0.2) is 4.79 Å².